The highest BCUT2D eigenvalue weighted by Gasteiger charge is 2.19. The van der Waals surface area contributed by atoms with Gasteiger partial charge in [0, 0.05) is 18.1 Å². The first kappa shape index (κ1) is 19.9. The summed E-state index contributed by atoms with van der Waals surface area (Å²) in [6, 6.07) is 19.9. The van der Waals surface area contributed by atoms with Crippen LogP contribution in [0.3, 0.4) is 0 Å². The third-order valence-corrected chi connectivity index (χ3v) is 6.58. The van der Waals surface area contributed by atoms with Gasteiger partial charge in [0.05, 0.1) is 46.5 Å². The SMILES string of the molecule is Cc1ccc(C#N)cc1-n1c(=N)n(C)c2cnc3ccc(-c4ccc5c(c4)CC(=O)N5)cc3c21. The van der Waals surface area contributed by atoms with E-state index < -0.39 is 0 Å². The monoisotopic (exact) mass is 444 g/mol. The number of fused-ring (bicyclic) bond motifs is 4. The minimum atomic E-state index is 0.0137. The van der Waals surface area contributed by atoms with Gasteiger partial charge in [-0.1, -0.05) is 18.2 Å². The molecule has 0 spiro atoms. The van der Waals surface area contributed by atoms with Crippen LogP contribution in [-0.4, -0.2) is 20.0 Å². The van der Waals surface area contributed by atoms with Crippen LogP contribution < -0.4 is 10.9 Å². The first-order valence-corrected chi connectivity index (χ1v) is 10.9. The van der Waals surface area contributed by atoms with E-state index in [0.717, 1.165) is 55.6 Å². The summed E-state index contributed by atoms with van der Waals surface area (Å²) in [5, 5.41) is 22.1. The number of nitrogens with zero attached hydrogens (tertiary/aromatic N) is 4. The maximum absolute atomic E-state index is 11.8. The minimum absolute atomic E-state index is 0.0137. The number of nitrogens with one attached hydrogen (secondary N) is 2. The van der Waals surface area contributed by atoms with E-state index in [4.69, 9.17) is 5.41 Å². The second-order valence-corrected chi connectivity index (χ2v) is 8.65. The topological polar surface area (TPSA) is 99.5 Å². The number of hydrogen-bond donors (Lipinski definition) is 2. The Labute approximate surface area is 195 Å². The van der Waals surface area contributed by atoms with Crippen molar-refractivity contribution in [2.24, 2.45) is 7.05 Å². The minimum Gasteiger partial charge on any atom is -0.326 e. The number of imidazole rings is 1. The molecule has 3 aromatic carbocycles. The van der Waals surface area contributed by atoms with Gasteiger partial charge in [-0.25, -0.2) is 0 Å². The number of aromatic nitrogens is 3. The van der Waals surface area contributed by atoms with Crippen molar-refractivity contribution in [3.05, 3.63) is 83.1 Å². The van der Waals surface area contributed by atoms with Gasteiger partial charge < -0.3 is 9.88 Å². The molecule has 7 nitrogen and oxygen atoms in total. The summed E-state index contributed by atoms with van der Waals surface area (Å²) in [5.74, 6) is 0.0137. The average Bonchev–Trinajstić information content (AvgIpc) is 3.35. The van der Waals surface area contributed by atoms with Crippen LogP contribution >= 0.6 is 0 Å². The van der Waals surface area contributed by atoms with Crippen LogP contribution in [0.25, 0.3) is 38.8 Å². The van der Waals surface area contributed by atoms with Gasteiger partial charge in [0.15, 0.2) is 0 Å². The molecule has 1 aliphatic rings. The van der Waals surface area contributed by atoms with Crippen LogP contribution in [0.15, 0.2) is 60.8 Å². The summed E-state index contributed by atoms with van der Waals surface area (Å²) < 4.78 is 3.70. The van der Waals surface area contributed by atoms with Gasteiger partial charge in [0.2, 0.25) is 11.5 Å². The number of carbonyl (C=O) groups excluding carboxylic acids is 1. The van der Waals surface area contributed by atoms with Crippen molar-refractivity contribution in [2.75, 3.05) is 5.32 Å². The molecule has 164 valence electrons. The van der Waals surface area contributed by atoms with Gasteiger partial charge in [-0.3, -0.25) is 19.8 Å². The predicted molar refractivity (Wildman–Crippen MR) is 131 cm³/mol. The van der Waals surface area contributed by atoms with Crippen molar-refractivity contribution in [2.45, 2.75) is 13.3 Å². The number of benzene rings is 3. The lowest BCUT2D eigenvalue weighted by Gasteiger charge is -2.11. The molecule has 6 rings (SSSR count). The van der Waals surface area contributed by atoms with Gasteiger partial charge in [0.1, 0.15) is 0 Å². The van der Waals surface area contributed by atoms with Crippen LogP contribution in [0.2, 0.25) is 0 Å². The predicted octanol–water partition coefficient (Wildman–Crippen LogP) is 4.34. The molecule has 2 aromatic heterocycles. The first-order valence-electron chi connectivity index (χ1n) is 10.9. The number of carbonyl (C=O) groups is 1. The lowest BCUT2D eigenvalue weighted by atomic mass is 9.99. The Balaban J connectivity index is 1.65. The molecule has 0 aliphatic carbocycles. The third-order valence-electron chi connectivity index (χ3n) is 6.58. The summed E-state index contributed by atoms with van der Waals surface area (Å²) in [7, 11) is 1.85. The van der Waals surface area contributed by atoms with Crippen molar-refractivity contribution in [3.63, 3.8) is 0 Å². The van der Waals surface area contributed by atoms with E-state index in [1.807, 2.05) is 54.9 Å². The standard InChI is InChI=1S/C27H20N6O/c1-15-3-4-16(13-28)9-23(15)33-26-20-11-18(17-5-7-21-19(10-17)12-25(34)31-21)6-8-22(20)30-14-24(26)32(2)27(33)29/h3-11,14,29H,12H2,1-2H3,(H,31,34). The van der Waals surface area contributed by atoms with Crippen molar-refractivity contribution in [1.29, 1.82) is 10.7 Å². The molecule has 34 heavy (non-hydrogen) atoms. The van der Waals surface area contributed by atoms with E-state index in [2.05, 4.69) is 28.5 Å². The van der Waals surface area contributed by atoms with Crippen molar-refractivity contribution in [3.8, 4) is 22.9 Å². The molecular formula is C27H20N6O. The normalized spacial score (nSPS) is 12.7. The fraction of sp³-hybridized carbons (Fsp3) is 0.111. The second kappa shape index (κ2) is 7.15. The van der Waals surface area contributed by atoms with E-state index in [-0.39, 0.29) is 5.91 Å². The summed E-state index contributed by atoms with van der Waals surface area (Å²) in [5.41, 5.74) is 9.03. The molecule has 1 amide bonds. The van der Waals surface area contributed by atoms with Crippen LogP contribution in [-0.2, 0) is 18.3 Å². The molecule has 1 aliphatic heterocycles. The van der Waals surface area contributed by atoms with Crippen molar-refractivity contribution < 1.29 is 4.79 Å². The fourth-order valence-electron chi connectivity index (χ4n) is 4.76. The van der Waals surface area contributed by atoms with Gasteiger partial charge >= 0.3 is 0 Å². The van der Waals surface area contributed by atoms with E-state index in [1.54, 1.807) is 16.8 Å². The molecule has 0 atom stereocenters. The molecule has 3 heterocycles. The van der Waals surface area contributed by atoms with E-state index in [1.165, 1.54) is 0 Å². The van der Waals surface area contributed by atoms with Crippen LogP contribution in [0.4, 0.5) is 5.69 Å². The number of nitriles is 1. The smallest absolute Gasteiger partial charge is 0.228 e. The third kappa shape index (κ3) is 2.86. The Morgan fingerprint density at radius 1 is 1.09 bits per heavy atom. The summed E-state index contributed by atoms with van der Waals surface area (Å²) in [4.78, 5) is 16.4. The van der Waals surface area contributed by atoms with Crippen molar-refractivity contribution in [1.82, 2.24) is 14.1 Å². The quantitative estimate of drug-likeness (QED) is 0.424. The lowest BCUT2D eigenvalue weighted by molar-refractivity contribution is -0.115. The highest BCUT2D eigenvalue weighted by atomic mass is 16.1. The van der Waals surface area contributed by atoms with E-state index in [0.29, 0.717) is 17.6 Å². The van der Waals surface area contributed by atoms with Crippen LogP contribution in [0.5, 0.6) is 0 Å². The number of anilines is 1. The van der Waals surface area contributed by atoms with Crippen LogP contribution in [0.1, 0.15) is 16.7 Å². The molecule has 0 saturated heterocycles. The number of aryl methyl sites for hydroxylation is 2. The number of rotatable bonds is 2. The highest BCUT2D eigenvalue weighted by Crippen LogP contribution is 2.33. The van der Waals surface area contributed by atoms with Gasteiger partial charge in [-0.2, -0.15) is 5.26 Å². The number of pyridine rings is 1. The van der Waals surface area contributed by atoms with Gasteiger partial charge in [0.25, 0.3) is 0 Å². The number of hydrogen-bond acceptors (Lipinski definition) is 4. The molecule has 0 saturated carbocycles. The maximum Gasteiger partial charge on any atom is 0.228 e. The van der Waals surface area contributed by atoms with Crippen LogP contribution in [0, 0.1) is 23.7 Å². The lowest BCUT2D eigenvalue weighted by Crippen LogP contribution is -2.21. The largest absolute Gasteiger partial charge is 0.326 e. The van der Waals surface area contributed by atoms with E-state index >= 15 is 0 Å². The Bertz CT molecular complexity index is 1780. The molecule has 0 unspecified atom stereocenters. The molecule has 2 N–H and O–H groups in total. The number of amides is 1. The van der Waals surface area contributed by atoms with Gasteiger partial charge in [-0.05, 0) is 65.6 Å². The Morgan fingerprint density at radius 3 is 2.71 bits per heavy atom. The summed E-state index contributed by atoms with van der Waals surface area (Å²) in [6.45, 7) is 1.98. The van der Waals surface area contributed by atoms with E-state index in [9.17, 15) is 10.1 Å². The summed E-state index contributed by atoms with van der Waals surface area (Å²) in [6.07, 6.45) is 2.18. The highest BCUT2D eigenvalue weighted by molar-refractivity contribution is 6.05. The average molecular weight is 444 g/mol. The molecular weight excluding hydrogens is 424 g/mol. The fourth-order valence-corrected chi connectivity index (χ4v) is 4.76. The zero-order valence-electron chi connectivity index (χ0n) is 18.7. The molecule has 5 aromatic rings. The molecule has 0 radical (unpaired) electrons. The van der Waals surface area contributed by atoms with Gasteiger partial charge in [-0.15, -0.1) is 0 Å². The first-order chi connectivity index (χ1) is 16.4. The Hall–Kier alpha value is -4.70. The van der Waals surface area contributed by atoms with Crippen molar-refractivity contribution >= 4 is 33.5 Å². The zero-order chi connectivity index (χ0) is 23.6. The maximum atomic E-state index is 11.8. The molecule has 0 fully saturated rings. The molecule has 7 heteroatoms. The zero-order valence-corrected chi connectivity index (χ0v) is 18.7. The summed E-state index contributed by atoms with van der Waals surface area (Å²) >= 11 is 0. The second-order valence-electron chi connectivity index (χ2n) is 8.65. The Kier molecular flexibility index (Phi) is 4.20. The Morgan fingerprint density at radius 2 is 1.88 bits per heavy atom. The molecule has 0 bridgehead atoms.